The zero-order chi connectivity index (χ0) is 24.3. The van der Waals surface area contributed by atoms with Crippen molar-refractivity contribution in [2.45, 2.75) is 52.1 Å². The number of halogens is 3. The smallest absolute Gasteiger partial charge is 0.356 e. The molecule has 1 fully saturated rings. The van der Waals surface area contributed by atoms with Crippen LogP contribution in [0.1, 0.15) is 48.2 Å². The highest BCUT2D eigenvalue weighted by atomic mass is 19.4. The Hall–Kier alpha value is -3.43. The van der Waals surface area contributed by atoms with Gasteiger partial charge in [-0.05, 0) is 57.2 Å². The molecule has 1 aliphatic heterocycles. The van der Waals surface area contributed by atoms with Crippen LogP contribution in [0.5, 0.6) is 0 Å². The molecule has 0 unspecified atom stereocenters. The molecule has 0 bridgehead atoms. The lowest BCUT2D eigenvalue weighted by molar-refractivity contribution is -0.137. The van der Waals surface area contributed by atoms with E-state index in [2.05, 4.69) is 25.3 Å². The van der Waals surface area contributed by atoms with Gasteiger partial charge in [0, 0.05) is 31.3 Å². The van der Waals surface area contributed by atoms with Crippen LogP contribution in [0.2, 0.25) is 0 Å². The molecule has 2 aromatic heterocycles. The van der Waals surface area contributed by atoms with E-state index in [1.807, 2.05) is 19.9 Å². The van der Waals surface area contributed by atoms with E-state index >= 15 is 0 Å². The monoisotopic (exact) mass is 472 g/mol. The van der Waals surface area contributed by atoms with Crippen molar-refractivity contribution < 1.29 is 18.0 Å². The van der Waals surface area contributed by atoms with Gasteiger partial charge in [-0.15, -0.1) is 0 Å². The predicted molar refractivity (Wildman–Crippen MR) is 123 cm³/mol. The average molecular weight is 473 g/mol. The van der Waals surface area contributed by atoms with Gasteiger partial charge < -0.3 is 10.2 Å². The summed E-state index contributed by atoms with van der Waals surface area (Å²) >= 11 is 0. The number of nitrogens with one attached hydrogen (secondary N) is 1. The number of aromatic nitrogens is 4. The number of alkyl halides is 3. The summed E-state index contributed by atoms with van der Waals surface area (Å²) in [5.41, 5.74) is 1.35. The molecule has 0 spiro atoms. The van der Waals surface area contributed by atoms with Crippen LogP contribution < -0.4 is 10.2 Å². The number of nitrogens with zero attached hydrogens (tertiary/aromatic N) is 5. The first-order valence-corrected chi connectivity index (χ1v) is 11.3. The molecule has 180 valence electrons. The number of para-hydroxylation sites is 1. The summed E-state index contributed by atoms with van der Waals surface area (Å²) < 4.78 is 41.3. The van der Waals surface area contributed by atoms with E-state index in [9.17, 15) is 18.0 Å². The molecule has 4 rings (SSSR count). The number of benzene rings is 1. The van der Waals surface area contributed by atoms with Crippen molar-refractivity contribution >= 4 is 17.4 Å². The molecule has 10 heteroatoms. The number of anilines is 2. The van der Waals surface area contributed by atoms with Crippen LogP contribution in [0.4, 0.5) is 24.7 Å². The molecule has 0 atom stereocenters. The van der Waals surface area contributed by atoms with Crippen molar-refractivity contribution in [2.24, 2.45) is 0 Å². The Kier molecular flexibility index (Phi) is 6.85. The molecule has 1 aliphatic rings. The van der Waals surface area contributed by atoms with Gasteiger partial charge in [0.2, 0.25) is 5.91 Å². The number of hydrogen-bond acceptors (Lipinski definition) is 5. The summed E-state index contributed by atoms with van der Waals surface area (Å²) in [5.74, 6) is 1.02. The fourth-order valence-electron chi connectivity index (χ4n) is 4.30. The first kappa shape index (κ1) is 23.7. The molecule has 0 saturated carbocycles. The second-order valence-corrected chi connectivity index (χ2v) is 8.43. The molecular formula is C24H27F3N6O. The van der Waals surface area contributed by atoms with E-state index < -0.39 is 17.6 Å². The van der Waals surface area contributed by atoms with Crippen molar-refractivity contribution in [1.82, 2.24) is 19.7 Å². The first-order chi connectivity index (χ1) is 16.2. The number of piperidine rings is 1. The summed E-state index contributed by atoms with van der Waals surface area (Å²) in [7, 11) is 0. The Labute approximate surface area is 196 Å². The molecule has 0 radical (unpaired) electrons. The normalized spacial score (nSPS) is 14.3. The fraction of sp³-hybridized carbons (Fsp3) is 0.417. The van der Waals surface area contributed by atoms with Gasteiger partial charge >= 0.3 is 6.18 Å². The lowest BCUT2D eigenvalue weighted by atomic mass is 10.1. The zero-order valence-corrected chi connectivity index (χ0v) is 19.2. The number of hydrogen-bond donors (Lipinski definition) is 1. The first-order valence-electron chi connectivity index (χ1n) is 11.3. The Bertz CT molecular complexity index is 1170. The molecule has 1 amide bonds. The predicted octanol–water partition coefficient (Wildman–Crippen LogP) is 4.86. The minimum absolute atomic E-state index is 0.0301. The molecule has 34 heavy (non-hydrogen) atoms. The van der Waals surface area contributed by atoms with Crippen LogP contribution in [0.15, 0.2) is 36.7 Å². The summed E-state index contributed by atoms with van der Waals surface area (Å²) in [5, 5.41) is 7.00. The third-order valence-electron chi connectivity index (χ3n) is 6.09. The number of aryl methyl sites for hydroxylation is 1. The van der Waals surface area contributed by atoms with E-state index in [-0.39, 0.29) is 12.1 Å². The van der Waals surface area contributed by atoms with Crippen LogP contribution in [0.25, 0.3) is 5.82 Å². The maximum Gasteiger partial charge on any atom is 0.418 e. The van der Waals surface area contributed by atoms with Crippen LogP contribution in [0, 0.1) is 13.8 Å². The average Bonchev–Trinajstić information content (AvgIpc) is 3.11. The van der Waals surface area contributed by atoms with Crippen molar-refractivity contribution in [3.8, 4) is 5.82 Å². The number of carbonyl (C=O) groups is 1. The highest BCUT2D eigenvalue weighted by molar-refractivity contribution is 5.91. The molecule has 7 nitrogen and oxygen atoms in total. The summed E-state index contributed by atoms with van der Waals surface area (Å²) in [6.07, 6.45) is 0.871. The molecule has 3 heterocycles. The summed E-state index contributed by atoms with van der Waals surface area (Å²) in [6, 6.07) is 6.87. The molecule has 3 aromatic rings. The molecule has 1 N–H and O–H groups in total. The lowest BCUT2D eigenvalue weighted by Crippen LogP contribution is -2.30. The van der Waals surface area contributed by atoms with Crippen LogP contribution >= 0.6 is 0 Å². The Morgan fingerprint density at radius 3 is 2.50 bits per heavy atom. The largest absolute Gasteiger partial charge is 0.418 e. The van der Waals surface area contributed by atoms with Crippen LogP contribution in [-0.4, -0.2) is 38.7 Å². The van der Waals surface area contributed by atoms with E-state index in [0.29, 0.717) is 12.2 Å². The van der Waals surface area contributed by atoms with Gasteiger partial charge in [0.25, 0.3) is 0 Å². The molecule has 1 aromatic carbocycles. The lowest BCUT2D eigenvalue weighted by Gasteiger charge is -2.27. The summed E-state index contributed by atoms with van der Waals surface area (Å²) in [4.78, 5) is 23.5. The maximum absolute atomic E-state index is 13.2. The highest BCUT2D eigenvalue weighted by Gasteiger charge is 2.33. The van der Waals surface area contributed by atoms with Crippen molar-refractivity contribution in [1.29, 1.82) is 0 Å². The third-order valence-corrected chi connectivity index (χ3v) is 6.09. The summed E-state index contributed by atoms with van der Waals surface area (Å²) in [6.45, 7) is 5.67. The second kappa shape index (κ2) is 9.82. The number of rotatable bonds is 6. The Morgan fingerprint density at radius 2 is 1.76 bits per heavy atom. The van der Waals surface area contributed by atoms with Crippen molar-refractivity contribution in [3.63, 3.8) is 0 Å². The topological polar surface area (TPSA) is 75.9 Å². The van der Waals surface area contributed by atoms with E-state index in [1.54, 1.807) is 4.68 Å². The molecule has 1 saturated heterocycles. The van der Waals surface area contributed by atoms with Crippen LogP contribution in [-0.2, 0) is 17.4 Å². The van der Waals surface area contributed by atoms with Crippen molar-refractivity contribution in [3.05, 3.63) is 59.2 Å². The minimum atomic E-state index is -4.54. The fourth-order valence-corrected chi connectivity index (χ4v) is 4.30. The maximum atomic E-state index is 13.2. The Balaban J connectivity index is 1.47. The van der Waals surface area contributed by atoms with Gasteiger partial charge in [-0.2, -0.15) is 18.3 Å². The van der Waals surface area contributed by atoms with E-state index in [4.69, 9.17) is 0 Å². The SMILES string of the molecule is Cc1nn(-c2cc(N3CCCCC3)ncn2)c(C)c1CCC(=O)Nc1ccccc1C(F)(F)F. The number of amides is 1. The zero-order valence-electron chi connectivity index (χ0n) is 19.2. The quantitative estimate of drug-likeness (QED) is 0.555. The van der Waals surface area contributed by atoms with Gasteiger partial charge in [0.15, 0.2) is 5.82 Å². The number of carbonyl (C=O) groups excluding carboxylic acids is 1. The highest BCUT2D eigenvalue weighted by Crippen LogP contribution is 2.34. The second-order valence-electron chi connectivity index (χ2n) is 8.43. The minimum Gasteiger partial charge on any atom is -0.356 e. The van der Waals surface area contributed by atoms with Gasteiger partial charge in [-0.25, -0.2) is 14.6 Å². The van der Waals surface area contributed by atoms with E-state index in [0.717, 1.165) is 54.8 Å². The molecular weight excluding hydrogens is 445 g/mol. The standard InChI is InChI=1S/C24H27F3N6O/c1-16-18(10-11-23(34)30-20-9-5-4-8-19(20)24(25,26)27)17(2)33(31-16)22-14-21(28-15-29-22)32-12-6-3-7-13-32/h4-5,8-9,14-15H,3,6-7,10-13H2,1-2H3,(H,30,34). The van der Waals surface area contributed by atoms with Gasteiger partial charge in [0.1, 0.15) is 12.1 Å². The van der Waals surface area contributed by atoms with Gasteiger partial charge in [0.05, 0.1) is 16.9 Å². The van der Waals surface area contributed by atoms with Crippen molar-refractivity contribution in [2.75, 3.05) is 23.3 Å². The van der Waals surface area contributed by atoms with Crippen LogP contribution in [0.3, 0.4) is 0 Å². The van der Waals surface area contributed by atoms with E-state index in [1.165, 1.54) is 30.9 Å². The van der Waals surface area contributed by atoms with Gasteiger partial charge in [-0.3, -0.25) is 4.79 Å². The Morgan fingerprint density at radius 1 is 1.06 bits per heavy atom. The van der Waals surface area contributed by atoms with Gasteiger partial charge in [-0.1, -0.05) is 12.1 Å². The third kappa shape index (κ3) is 5.21. The molecule has 0 aliphatic carbocycles.